The first-order valence-corrected chi connectivity index (χ1v) is 8.50. The molecule has 5 heteroatoms. The molecule has 0 fully saturated rings. The van der Waals surface area contributed by atoms with Gasteiger partial charge in [-0.05, 0) is 36.1 Å². The van der Waals surface area contributed by atoms with Crippen LogP contribution in [0.5, 0.6) is 0 Å². The van der Waals surface area contributed by atoms with Gasteiger partial charge in [0.1, 0.15) is 0 Å². The van der Waals surface area contributed by atoms with Crippen molar-refractivity contribution in [3.05, 3.63) is 48.0 Å². The fourth-order valence-corrected chi connectivity index (χ4v) is 2.76. The van der Waals surface area contributed by atoms with Gasteiger partial charge in [-0.2, -0.15) is 0 Å². The van der Waals surface area contributed by atoms with Crippen molar-refractivity contribution >= 4 is 22.6 Å². The number of carboxylic acid groups (broad SMARTS) is 1. The van der Waals surface area contributed by atoms with Crippen LogP contribution in [0.2, 0.25) is 0 Å². The number of hydrogen-bond acceptors (Lipinski definition) is 3. The number of ether oxygens (including phenoxy) is 1. The third kappa shape index (κ3) is 5.57. The maximum absolute atomic E-state index is 11.9. The Morgan fingerprint density at radius 1 is 1.16 bits per heavy atom. The lowest BCUT2D eigenvalue weighted by Crippen LogP contribution is -2.34. The van der Waals surface area contributed by atoms with Crippen molar-refractivity contribution in [2.45, 2.75) is 32.3 Å². The van der Waals surface area contributed by atoms with Crippen molar-refractivity contribution in [1.82, 2.24) is 5.32 Å². The first-order valence-electron chi connectivity index (χ1n) is 8.50. The second-order valence-corrected chi connectivity index (χ2v) is 6.27. The van der Waals surface area contributed by atoms with Crippen LogP contribution in [-0.4, -0.2) is 36.7 Å². The molecule has 0 bridgehead atoms. The van der Waals surface area contributed by atoms with Crippen LogP contribution in [0.25, 0.3) is 10.8 Å². The van der Waals surface area contributed by atoms with E-state index in [1.165, 1.54) is 0 Å². The fraction of sp³-hybridized carbons (Fsp3) is 0.400. The summed E-state index contributed by atoms with van der Waals surface area (Å²) in [6, 6.07) is 13.8. The van der Waals surface area contributed by atoms with Crippen molar-refractivity contribution in [2.24, 2.45) is 5.92 Å². The number of benzene rings is 2. The first kappa shape index (κ1) is 18.9. The van der Waals surface area contributed by atoms with Crippen molar-refractivity contribution in [3.63, 3.8) is 0 Å². The molecule has 25 heavy (non-hydrogen) atoms. The Balaban J connectivity index is 1.99. The maximum Gasteiger partial charge on any atom is 0.308 e. The van der Waals surface area contributed by atoms with Crippen molar-refractivity contribution in [1.29, 1.82) is 0 Å². The zero-order chi connectivity index (χ0) is 18.2. The lowest BCUT2D eigenvalue weighted by atomic mass is 9.94. The van der Waals surface area contributed by atoms with Gasteiger partial charge in [0.25, 0.3) is 0 Å². The van der Waals surface area contributed by atoms with E-state index in [-0.39, 0.29) is 18.6 Å². The Hall–Kier alpha value is -2.40. The van der Waals surface area contributed by atoms with Crippen LogP contribution in [0.4, 0.5) is 0 Å². The number of carboxylic acids is 1. The summed E-state index contributed by atoms with van der Waals surface area (Å²) in [6.07, 6.45) is 1.33. The molecule has 2 atom stereocenters. The smallest absolute Gasteiger partial charge is 0.308 e. The summed E-state index contributed by atoms with van der Waals surface area (Å²) in [5.74, 6) is -1.71. The lowest BCUT2D eigenvalue weighted by Gasteiger charge is -2.15. The summed E-state index contributed by atoms with van der Waals surface area (Å²) in [5, 5.41) is 14.4. The van der Waals surface area contributed by atoms with Gasteiger partial charge in [-0.15, -0.1) is 0 Å². The van der Waals surface area contributed by atoms with Crippen molar-refractivity contribution in [2.75, 3.05) is 13.7 Å². The number of hydrogen-bond donors (Lipinski definition) is 2. The van der Waals surface area contributed by atoms with E-state index in [4.69, 9.17) is 4.74 Å². The minimum atomic E-state index is -0.904. The normalized spacial score (nSPS) is 13.4. The standard InChI is InChI=1S/C20H25NO4/c1-14(25-2)10-11-19(22)21-13-17(20(23)24)12-16-8-5-7-15-6-3-4-9-18(15)16/h3-9,14,17H,10-13H2,1-2H3,(H,21,22)(H,23,24). The van der Waals surface area contributed by atoms with E-state index in [2.05, 4.69) is 5.32 Å². The third-order valence-electron chi connectivity index (χ3n) is 4.42. The van der Waals surface area contributed by atoms with Crippen LogP contribution < -0.4 is 5.32 Å². The van der Waals surface area contributed by atoms with E-state index in [0.29, 0.717) is 19.3 Å². The highest BCUT2D eigenvalue weighted by atomic mass is 16.5. The highest BCUT2D eigenvalue weighted by Crippen LogP contribution is 2.21. The average molecular weight is 343 g/mol. The molecule has 2 aromatic rings. The number of amides is 1. The summed E-state index contributed by atoms with van der Waals surface area (Å²) in [5.41, 5.74) is 0.979. The Morgan fingerprint density at radius 3 is 2.60 bits per heavy atom. The van der Waals surface area contributed by atoms with Crippen LogP contribution in [0.1, 0.15) is 25.3 Å². The molecule has 0 heterocycles. The molecule has 2 unspecified atom stereocenters. The molecule has 5 nitrogen and oxygen atoms in total. The Morgan fingerprint density at radius 2 is 1.88 bits per heavy atom. The summed E-state index contributed by atoms with van der Waals surface area (Å²) < 4.78 is 5.11. The molecule has 134 valence electrons. The van der Waals surface area contributed by atoms with Gasteiger partial charge < -0.3 is 15.2 Å². The largest absolute Gasteiger partial charge is 0.481 e. The van der Waals surface area contributed by atoms with Crippen LogP contribution in [-0.2, 0) is 20.7 Å². The fourth-order valence-electron chi connectivity index (χ4n) is 2.76. The molecule has 0 saturated heterocycles. The molecule has 0 aromatic heterocycles. The molecule has 0 spiro atoms. The van der Waals surface area contributed by atoms with E-state index in [9.17, 15) is 14.7 Å². The van der Waals surface area contributed by atoms with E-state index in [1.807, 2.05) is 49.4 Å². The monoisotopic (exact) mass is 343 g/mol. The minimum absolute atomic E-state index is 0.0108. The lowest BCUT2D eigenvalue weighted by molar-refractivity contribution is -0.141. The number of methoxy groups -OCH3 is 1. The van der Waals surface area contributed by atoms with E-state index < -0.39 is 11.9 Å². The molecule has 2 N–H and O–H groups in total. The average Bonchev–Trinajstić information content (AvgIpc) is 2.62. The van der Waals surface area contributed by atoms with Gasteiger partial charge in [0.2, 0.25) is 5.91 Å². The van der Waals surface area contributed by atoms with Crippen LogP contribution in [0, 0.1) is 5.92 Å². The Kier molecular flexibility index (Phi) is 6.95. The molecular formula is C20H25NO4. The van der Waals surface area contributed by atoms with E-state index in [1.54, 1.807) is 7.11 Å². The second-order valence-electron chi connectivity index (χ2n) is 6.27. The molecular weight excluding hydrogens is 318 g/mol. The quantitative estimate of drug-likeness (QED) is 0.734. The van der Waals surface area contributed by atoms with E-state index in [0.717, 1.165) is 16.3 Å². The number of carbonyl (C=O) groups excluding carboxylic acids is 1. The molecule has 0 aliphatic heterocycles. The highest BCUT2D eigenvalue weighted by molar-refractivity contribution is 5.86. The number of carbonyl (C=O) groups is 2. The molecule has 1 amide bonds. The molecule has 0 saturated carbocycles. The highest BCUT2D eigenvalue weighted by Gasteiger charge is 2.20. The molecule has 0 aliphatic rings. The molecule has 0 aliphatic carbocycles. The minimum Gasteiger partial charge on any atom is -0.481 e. The van der Waals surface area contributed by atoms with Crippen LogP contribution >= 0.6 is 0 Å². The summed E-state index contributed by atoms with van der Waals surface area (Å²) in [6.45, 7) is 2.02. The third-order valence-corrected chi connectivity index (χ3v) is 4.42. The Labute approximate surface area is 148 Å². The molecule has 2 rings (SSSR count). The second kappa shape index (κ2) is 9.18. The number of fused-ring (bicyclic) bond motifs is 1. The number of aliphatic carboxylic acids is 1. The zero-order valence-corrected chi connectivity index (χ0v) is 14.7. The topological polar surface area (TPSA) is 75.6 Å². The molecule has 2 aromatic carbocycles. The van der Waals surface area contributed by atoms with Gasteiger partial charge in [-0.1, -0.05) is 42.5 Å². The van der Waals surface area contributed by atoms with Gasteiger partial charge in [0, 0.05) is 20.1 Å². The van der Waals surface area contributed by atoms with E-state index >= 15 is 0 Å². The predicted molar refractivity (Wildman–Crippen MR) is 97.5 cm³/mol. The Bertz CT molecular complexity index is 723. The maximum atomic E-state index is 11.9. The predicted octanol–water partition coefficient (Wildman–Crippen LogP) is 3.01. The van der Waals surface area contributed by atoms with Gasteiger partial charge >= 0.3 is 5.97 Å². The summed E-state index contributed by atoms with van der Waals surface area (Å²) in [7, 11) is 1.60. The number of rotatable bonds is 9. The first-order chi connectivity index (χ1) is 12.0. The van der Waals surface area contributed by atoms with Crippen LogP contribution in [0.15, 0.2) is 42.5 Å². The summed E-state index contributed by atoms with van der Waals surface area (Å²) >= 11 is 0. The van der Waals surface area contributed by atoms with Crippen molar-refractivity contribution < 1.29 is 19.4 Å². The SMILES string of the molecule is COC(C)CCC(=O)NCC(Cc1cccc2ccccc12)C(=O)O. The van der Waals surface area contributed by atoms with Gasteiger partial charge in [-0.3, -0.25) is 9.59 Å². The molecule has 0 radical (unpaired) electrons. The zero-order valence-electron chi connectivity index (χ0n) is 14.7. The summed E-state index contributed by atoms with van der Waals surface area (Å²) in [4.78, 5) is 23.5. The van der Waals surface area contributed by atoms with Gasteiger partial charge in [0.15, 0.2) is 0 Å². The van der Waals surface area contributed by atoms with Crippen LogP contribution in [0.3, 0.4) is 0 Å². The van der Waals surface area contributed by atoms with Gasteiger partial charge in [0.05, 0.1) is 12.0 Å². The van der Waals surface area contributed by atoms with Gasteiger partial charge in [-0.25, -0.2) is 0 Å². The number of nitrogens with one attached hydrogen (secondary N) is 1. The van der Waals surface area contributed by atoms with Crippen molar-refractivity contribution in [3.8, 4) is 0 Å².